The van der Waals surface area contributed by atoms with Crippen molar-refractivity contribution < 1.29 is 103 Å². The van der Waals surface area contributed by atoms with Crippen LogP contribution in [-0.2, 0) is 27.0 Å². The van der Waals surface area contributed by atoms with Gasteiger partial charge in [0.25, 0.3) is 0 Å². The summed E-state index contributed by atoms with van der Waals surface area (Å²) in [6.45, 7) is 0. The minimum Gasteiger partial charge on any atom is -0.813 e. The third-order valence-corrected chi connectivity index (χ3v) is 3.37. The van der Waals surface area contributed by atoms with Crippen LogP contribution in [0.2, 0.25) is 0 Å². The molecular weight excluding hydrogens is 360 g/mol. The Hall–Kier alpha value is 4.83. The van der Waals surface area contributed by atoms with Crippen LogP contribution in [0.15, 0.2) is 0 Å². The molecule has 0 radical (unpaired) electrons. The average Bonchev–Trinajstić information content (AvgIpc) is 2.70. The second kappa shape index (κ2) is 30.7. The molecule has 0 aromatic rings. The second-order valence-electron chi connectivity index (χ2n) is 4.18. The van der Waals surface area contributed by atoms with Crippen molar-refractivity contribution in [2.75, 3.05) is 0 Å². The van der Waals surface area contributed by atoms with Gasteiger partial charge >= 0.3 is 103 Å². The molecule has 114 valence electrons. The molecule has 0 aliphatic heterocycles. The zero-order valence-electron chi connectivity index (χ0n) is 12.9. The van der Waals surface area contributed by atoms with E-state index in [1.54, 1.807) is 51.8 Å². The molecule has 2 aliphatic rings. The average molecular weight is 403 g/mol. The van der Waals surface area contributed by atoms with Crippen LogP contribution in [0.25, 0.3) is 0 Å². The summed E-state index contributed by atoms with van der Waals surface area (Å²) in [7, 11) is 3.33. The van der Waals surface area contributed by atoms with Gasteiger partial charge in [-0.2, -0.15) is 19.7 Å². The first-order valence-electron chi connectivity index (χ1n) is 6.10. The Morgan fingerprint density at radius 1 is 0.632 bits per heavy atom. The fourth-order valence-electron chi connectivity index (χ4n) is 2.75. The molecular formula is C13H38K2P2S2. The molecule has 19 heavy (non-hydrogen) atoms. The quantitative estimate of drug-likeness (QED) is 0.217. The van der Waals surface area contributed by atoms with Crippen LogP contribution in [-0.4, -0.2) is 2.56 Å². The van der Waals surface area contributed by atoms with Gasteiger partial charge in [0, 0.05) is 0 Å². The van der Waals surface area contributed by atoms with E-state index < -0.39 is 0 Å². The van der Waals surface area contributed by atoms with Crippen LogP contribution in [0, 0.1) is 11.8 Å². The summed E-state index contributed by atoms with van der Waals surface area (Å²) in [5.41, 5.74) is 0. The first kappa shape index (κ1) is 39.1. The molecule has 4 atom stereocenters. The van der Waals surface area contributed by atoms with Gasteiger partial charge in [-0.15, -0.1) is 0 Å². The van der Waals surface area contributed by atoms with Gasteiger partial charge < -0.3 is 27.0 Å². The standard InChI is InChI=1S/C10H18.3CH4.2K.2H3P.2H2S/c1-2-4-9-6-7-10(8-9)5-3-1;;;;;;;;;/h9-10H,1-8H2;3*1H4;;;2*1H3;2*1H2/q;;;;2*+1;;;;/p-2/i;;;;;;2*1T;;. The summed E-state index contributed by atoms with van der Waals surface area (Å²) >= 11 is 0. The Kier molecular flexibility index (Phi) is 63.1. The predicted molar refractivity (Wildman–Crippen MR) is 104 cm³/mol. The normalized spacial score (nSPS) is 22.2. The molecule has 0 heterocycles. The molecule has 0 saturated heterocycles. The van der Waals surface area contributed by atoms with Crippen molar-refractivity contribution in [2.24, 2.45) is 11.8 Å². The Morgan fingerprint density at radius 2 is 0.947 bits per heavy atom. The number of rotatable bonds is 0. The second-order valence-corrected chi connectivity index (χ2v) is 4.18. The van der Waals surface area contributed by atoms with Gasteiger partial charge in [-0.1, -0.05) is 67.2 Å². The van der Waals surface area contributed by atoms with Crippen LogP contribution in [0.1, 0.15) is 73.6 Å². The maximum Gasteiger partial charge on any atom is 1.00 e. The molecule has 0 amide bonds. The zero-order valence-corrected chi connectivity index (χ0v) is 21.2. The van der Waals surface area contributed by atoms with Crippen LogP contribution < -0.4 is 103 Å². The van der Waals surface area contributed by atoms with Crippen molar-refractivity contribution in [3.8, 4) is 0 Å². The molecule has 6 heteroatoms. The fraction of sp³-hybridized carbons (Fsp3) is 1.00. The summed E-state index contributed by atoms with van der Waals surface area (Å²) < 4.78 is 11.3. The van der Waals surface area contributed by atoms with Gasteiger partial charge in [0.2, 0.25) is 0 Å². The molecule has 0 aromatic carbocycles. The maximum absolute atomic E-state index is 5.67. The third-order valence-electron chi connectivity index (χ3n) is 3.37. The van der Waals surface area contributed by atoms with E-state index in [4.69, 9.17) is 2.56 Å². The molecule has 4 unspecified atom stereocenters. The number of hydrogen-bond acceptors (Lipinski definition) is 2. The largest absolute Gasteiger partial charge is 1.00 e. The van der Waals surface area contributed by atoms with Crippen molar-refractivity contribution in [3.63, 3.8) is 0 Å². The van der Waals surface area contributed by atoms with Gasteiger partial charge in [0.15, 0.2) is 0 Å². The maximum atomic E-state index is 5.67. The number of thiol groups is 2. The van der Waals surface area contributed by atoms with E-state index >= 15 is 0 Å². The Morgan fingerprint density at radius 3 is 1.26 bits per heavy atom. The minimum absolute atomic E-state index is 0. The topological polar surface area (TPSA) is 0 Å². The van der Waals surface area contributed by atoms with Crippen molar-refractivity contribution in [2.45, 2.75) is 73.6 Å². The Bertz CT molecular complexity index is 131. The van der Waals surface area contributed by atoms with Crippen molar-refractivity contribution in [1.29, 1.82) is 2.56 Å². The van der Waals surface area contributed by atoms with E-state index in [2.05, 4.69) is 0 Å². The SMILES string of the molecule is C.C.C.C1CCC2CCC(CC1)C2.[3H]P.[3H]P.[K+].[K+].[SH-].[SH-]. The third kappa shape index (κ3) is 20.8. The monoisotopic (exact) mass is 402 g/mol. The van der Waals surface area contributed by atoms with Crippen LogP contribution >= 0.6 is 19.7 Å². The van der Waals surface area contributed by atoms with Gasteiger partial charge in [-0.3, -0.25) is 0 Å². The van der Waals surface area contributed by atoms with E-state index in [9.17, 15) is 0 Å². The van der Waals surface area contributed by atoms with Crippen molar-refractivity contribution in [1.82, 2.24) is 0 Å². The van der Waals surface area contributed by atoms with Gasteiger partial charge in [-0.25, -0.2) is 0 Å². The van der Waals surface area contributed by atoms with Crippen LogP contribution in [0.3, 0.4) is 0 Å². The zero-order chi connectivity index (χ0) is 10.8. The van der Waals surface area contributed by atoms with E-state index in [-0.39, 0.29) is 152 Å². The van der Waals surface area contributed by atoms with E-state index in [0.717, 1.165) is 11.8 Å². The molecule has 2 bridgehead atoms. The first-order chi connectivity index (χ1) is 6.95. The summed E-state index contributed by atoms with van der Waals surface area (Å²) in [4.78, 5) is 0. The van der Waals surface area contributed by atoms with E-state index in [1.165, 1.54) is 19.3 Å². The summed E-state index contributed by atoms with van der Waals surface area (Å²) in [6.07, 6.45) is 12.4. The summed E-state index contributed by atoms with van der Waals surface area (Å²) in [5, 5.41) is 0. The fourth-order valence-corrected chi connectivity index (χ4v) is 2.75. The molecule has 2 aliphatic carbocycles. The number of fused-ring (bicyclic) bond motifs is 2. The van der Waals surface area contributed by atoms with Crippen LogP contribution in [0.5, 0.6) is 0 Å². The van der Waals surface area contributed by atoms with E-state index in [1.807, 2.05) is 0 Å². The van der Waals surface area contributed by atoms with Gasteiger partial charge in [0.05, 0.1) is 2.56 Å². The molecule has 0 nitrogen and oxygen atoms in total. The smallest absolute Gasteiger partial charge is 0.813 e. The minimum atomic E-state index is 0. The predicted octanol–water partition coefficient (Wildman–Crippen LogP) is -1.14. The summed E-state index contributed by atoms with van der Waals surface area (Å²) in [6, 6.07) is 0. The van der Waals surface area contributed by atoms with E-state index in [0.29, 0.717) is 0 Å². The Balaban J connectivity index is -0.0000000239. The number of hydrogen-bond donors (Lipinski definition) is 0. The molecule has 2 fully saturated rings. The first-order valence-corrected chi connectivity index (χ1v) is 4.95. The molecule has 2 rings (SSSR count). The molecule has 2 saturated carbocycles. The van der Waals surface area contributed by atoms with Crippen molar-refractivity contribution in [3.05, 3.63) is 0 Å². The molecule has 0 aromatic heterocycles. The molecule has 0 N–H and O–H groups in total. The van der Waals surface area contributed by atoms with Crippen molar-refractivity contribution >= 4 is 46.7 Å². The Labute approximate surface area is 232 Å². The molecule has 0 spiro atoms. The van der Waals surface area contributed by atoms with Crippen LogP contribution in [0.4, 0.5) is 0 Å². The summed E-state index contributed by atoms with van der Waals surface area (Å²) in [5.74, 6) is 2.29. The van der Waals surface area contributed by atoms with Gasteiger partial charge in [0.1, 0.15) is 0 Å². The van der Waals surface area contributed by atoms with Gasteiger partial charge in [-0.05, 0) is 18.3 Å².